The van der Waals surface area contributed by atoms with Crippen LogP contribution in [-0.2, 0) is 0 Å². The summed E-state index contributed by atoms with van der Waals surface area (Å²) in [4.78, 5) is 0. The Hall–Kier alpha value is -1.18. The van der Waals surface area contributed by atoms with Crippen LogP contribution in [0.1, 0.15) is 19.8 Å². The molecule has 0 atom stereocenters. The van der Waals surface area contributed by atoms with Gasteiger partial charge in [-0.2, -0.15) is 0 Å². The highest BCUT2D eigenvalue weighted by atomic mass is 16.3. The molecule has 0 radical (unpaired) electrons. The summed E-state index contributed by atoms with van der Waals surface area (Å²) in [6, 6.07) is 7.89. The predicted octanol–water partition coefficient (Wildman–Crippen LogP) is 2.60. The molecule has 0 aromatic heterocycles. The molecule has 13 heavy (non-hydrogen) atoms. The largest absolute Gasteiger partial charge is 0.508 e. The summed E-state index contributed by atoms with van der Waals surface area (Å²) >= 11 is 0. The summed E-state index contributed by atoms with van der Waals surface area (Å²) in [5, 5.41) is 12.5. The monoisotopic (exact) mass is 177 g/mol. The number of phenolic OH excluding ortho intramolecular Hbond substituents is 1. The van der Waals surface area contributed by atoms with E-state index in [2.05, 4.69) is 12.2 Å². The molecule has 2 heteroatoms. The number of benzene rings is 1. The molecule has 2 rings (SSSR count). The van der Waals surface area contributed by atoms with E-state index in [4.69, 9.17) is 5.11 Å². The van der Waals surface area contributed by atoms with E-state index in [-0.39, 0.29) is 0 Å². The van der Waals surface area contributed by atoms with E-state index in [9.17, 15) is 0 Å². The topological polar surface area (TPSA) is 32.3 Å². The minimum absolute atomic E-state index is 0.326. The maximum absolute atomic E-state index is 9.08. The van der Waals surface area contributed by atoms with Crippen LogP contribution in [0.3, 0.4) is 0 Å². The number of rotatable bonds is 2. The Balaban J connectivity index is 1.91. The molecule has 1 aromatic carbocycles. The van der Waals surface area contributed by atoms with Crippen LogP contribution in [-0.4, -0.2) is 11.1 Å². The summed E-state index contributed by atoms with van der Waals surface area (Å²) in [5.74, 6) is 1.20. The Labute approximate surface area is 78.6 Å². The zero-order valence-corrected chi connectivity index (χ0v) is 7.83. The normalized spacial score (nSPS) is 26.5. The first kappa shape index (κ1) is 8.42. The number of phenols is 1. The Bertz CT molecular complexity index is 275. The second kappa shape index (κ2) is 3.29. The van der Waals surface area contributed by atoms with Crippen molar-refractivity contribution in [3.8, 4) is 5.75 Å². The lowest BCUT2D eigenvalue weighted by Gasteiger charge is -2.34. The van der Waals surface area contributed by atoms with Gasteiger partial charge >= 0.3 is 0 Å². The summed E-state index contributed by atoms with van der Waals surface area (Å²) in [7, 11) is 0. The molecule has 1 aliphatic carbocycles. The van der Waals surface area contributed by atoms with E-state index in [1.54, 1.807) is 12.1 Å². The minimum Gasteiger partial charge on any atom is -0.508 e. The predicted molar refractivity (Wildman–Crippen MR) is 53.9 cm³/mol. The minimum atomic E-state index is 0.326. The molecular formula is C11H15NO. The van der Waals surface area contributed by atoms with Crippen molar-refractivity contribution in [2.75, 3.05) is 5.32 Å². The van der Waals surface area contributed by atoms with Gasteiger partial charge in [-0.05, 0) is 43.0 Å². The van der Waals surface area contributed by atoms with Crippen molar-refractivity contribution >= 4 is 5.69 Å². The van der Waals surface area contributed by atoms with Gasteiger partial charge in [0.25, 0.3) is 0 Å². The van der Waals surface area contributed by atoms with Gasteiger partial charge < -0.3 is 10.4 Å². The van der Waals surface area contributed by atoms with Gasteiger partial charge in [-0.15, -0.1) is 0 Å². The zero-order chi connectivity index (χ0) is 9.26. The molecule has 0 aliphatic heterocycles. The van der Waals surface area contributed by atoms with Gasteiger partial charge in [0, 0.05) is 11.7 Å². The fourth-order valence-corrected chi connectivity index (χ4v) is 1.81. The molecule has 0 heterocycles. The summed E-state index contributed by atoms with van der Waals surface area (Å²) < 4.78 is 0. The van der Waals surface area contributed by atoms with Crippen molar-refractivity contribution < 1.29 is 5.11 Å². The number of aromatic hydroxyl groups is 1. The van der Waals surface area contributed by atoms with Crippen molar-refractivity contribution in [3.63, 3.8) is 0 Å². The van der Waals surface area contributed by atoms with E-state index in [0.717, 1.165) is 11.6 Å². The Kier molecular flexibility index (Phi) is 2.13. The SMILES string of the molecule is CC1CC(Nc2ccc(O)cc2)C1. The second-order valence-corrected chi connectivity index (χ2v) is 3.96. The van der Waals surface area contributed by atoms with Gasteiger partial charge in [0.15, 0.2) is 0 Å². The Morgan fingerprint density at radius 2 is 1.85 bits per heavy atom. The van der Waals surface area contributed by atoms with Gasteiger partial charge in [0.05, 0.1) is 0 Å². The van der Waals surface area contributed by atoms with Crippen LogP contribution in [0.2, 0.25) is 0 Å². The molecule has 1 fully saturated rings. The maximum Gasteiger partial charge on any atom is 0.115 e. The van der Waals surface area contributed by atoms with Crippen molar-refractivity contribution in [3.05, 3.63) is 24.3 Å². The second-order valence-electron chi connectivity index (χ2n) is 3.96. The van der Waals surface area contributed by atoms with Gasteiger partial charge in [-0.3, -0.25) is 0 Å². The van der Waals surface area contributed by atoms with E-state index < -0.39 is 0 Å². The smallest absolute Gasteiger partial charge is 0.115 e. The summed E-state index contributed by atoms with van der Waals surface area (Å²) in [6.45, 7) is 2.27. The van der Waals surface area contributed by atoms with Gasteiger partial charge in [-0.25, -0.2) is 0 Å². The van der Waals surface area contributed by atoms with Crippen LogP contribution in [0.5, 0.6) is 5.75 Å². The summed E-state index contributed by atoms with van der Waals surface area (Å²) in [6.07, 6.45) is 2.53. The number of hydrogen-bond acceptors (Lipinski definition) is 2. The number of hydrogen-bond donors (Lipinski definition) is 2. The highest BCUT2D eigenvalue weighted by Gasteiger charge is 2.24. The third-order valence-corrected chi connectivity index (χ3v) is 2.61. The Morgan fingerprint density at radius 3 is 2.38 bits per heavy atom. The molecule has 0 unspecified atom stereocenters. The lowest BCUT2D eigenvalue weighted by atomic mass is 9.82. The quantitative estimate of drug-likeness (QED) is 0.680. The number of nitrogens with one attached hydrogen (secondary N) is 1. The first-order valence-electron chi connectivity index (χ1n) is 4.79. The van der Waals surface area contributed by atoms with E-state index in [1.807, 2.05) is 12.1 Å². The molecule has 70 valence electrons. The molecule has 0 amide bonds. The van der Waals surface area contributed by atoms with Crippen molar-refractivity contribution in [1.29, 1.82) is 0 Å². The molecule has 1 saturated carbocycles. The van der Waals surface area contributed by atoms with Crippen LogP contribution >= 0.6 is 0 Å². The molecule has 0 spiro atoms. The molecular weight excluding hydrogens is 162 g/mol. The van der Waals surface area contributed by atoms with Gasteiger partial charge in [0.2, 0.25) is 0 Å². The number of anilines is 1. The third kappa shape index (κ3) is 1.94. The molecule has 2 nitrogen and oxygen atoms in total. The van der Waals surface area contributed by atoms with Crippen LogP contribution < -0.4 is 5.32 Å². The fraction of sp³-hybridized carbons (Fsp3) is 0.455. The van der Waals surface area contributed by atoms with Crippen molar-refractivity contribution in [1.82, 2.24) is 0 Å². The third-order valence-electron chi connectivity index (χ3n) is 2.61. The van der Waals surface area contributed by atoms with E-state index >= 15 is 0 Å². The summed E-state index contributed by atoms with van der Waals surface area (Å²) in [5.41, 5.74) is 1.11. The standard InChI is InChI=1S/C11H15NO/c1-8-6-10(7-8)12-9-2-4-11(13)5-3-9/h2-5,8,10,12-13H,6-7H2,1H3. The van der Waals surface area contributed by atoms with Crippen LogP contribution in [0.15, 0.2) is 24.3 Å². The van der Waals surface area contributed by atoms with Crippen molar-refractivity contribution in [2.45, 2.75) is 25.8 Å². The van der Waals surface area contributed by atoms with Crippen LogP contribution in [0.4, 0.5) is 5.69 Å². The lowest BCUT2D eigenvalue weighted by molar-refractivity contribution is 0.309. The molecule has 1 aliphatic rings. The van der Waals surface area contributed by atoms with Crippen LogP contribution in [0.25, 0.3) is 0 Å². The molecule has 0 saturated heterocycles. The van der Waals surface area contributed by atoms with Crippen LogP contribution in [0, 0.1) is 5.92 Å². The zero-order valence-electron chi connectivity index (χ0n) is 7.83. The maximum atomic E-state index is 9.08. The highest BCUT2D eigenvalue weighted by Crippen LogP contribution is 2.29. The van der Waals surface area contributed by atoms with Gasteiger partial charge in [0.1, 0.15) is 5.75 Å². The first-order valence-corrected chi connectivity index (χ1v) is 4.79. The average molecular weight is 177 g/mol. The average Bonchev–Trinajstić information content (AvgIpc) is 2.06. The molecule has 2 N–H and O–H groups in total. The lowest BCUT2D eigenvalue weighted by Crippen LogP contribution is -2.33. The molecule has 0 bridgehead atoms. The van der Waals surface area contributed by atoms with Crippen molar-refractivity contribution in [2.24, 2.45) is 5.92 Å². The van der Waals surface area contributed by atoms with E-state index in [1.165, 1.54) is 12.8 Å². The Morgan fingerprint density at radius 1 is 1.23 bits per heavy atom. The van der Waals surface area contributed by atoms with Gasteiger partial charge in [-0.1, -0.05) is 6.92 Å². The molecule has 1 aromatic rings. The fourth-order valence-electron chi connectivity index (χ4n) is 1.81. The van der Waals surface area contributed by atoms with E-state index in [0.29, 0.717) is 11.8 Å². The highest BCUT2D eigenvalue weighted by molar-refractivity contribution is 5.47. The first-order chi connectivity index (χ1) is 6.24.